The Labute approximate surface area is 97.7 Å². The van der Waals surface area contributed by atoms with Crippen LogP contribution in [0.2, 0.25) is 0 Å². The third-order valence-electron chi connectivity index (χ3n) is 2.93. The van der Waals surface area contributed by atoms with E-state index in [1.54, 1.807) is 0 Å². The Morgan fingerprint density at radius 3 is 2.69 bits per heavy atom. The lowest BCUT2D eigenvalue weighted by Crippen LogP contribution is -2.03. The van der Waals surface area contributed by atoms with E-state index in [4.69, 9.17) is 0 Å². The zero-order valence-corrected chi connectivity index (χ0v) is 10.00. The smallest absolute Gasteiger partial charge is 0.0547 e. The Balaban J connectivity index is 1.71. The molecule has 1 aliphatic rings. The van der Waals surface area contributed by atoms with E-state index >= 15 is 0 Å². The van der Waals surface area contributed by atoms with Crippen molar-refractivity contribution in [2.24, 2.45) is 5.92 Å². The maximum Gasteiger partial charge on any atom is 0.0547 e. The summed E-state index contributed by atoms with van der Waals surface area (Å²) < 4.78 is 0. The summed E-state index contributed by atoms with van der Waals surface area (Å²) in [5.74, 6) is 1.04. The van der Waals surface area contributed by atoms with Gasteiger partial charge in [-0.15, -0.1) is 0 Å². The second-order valence-corrected chi connectivity index (χ2v) is 4.51. The molecule has 1 aromatic rings. The van der Waals surface area contributed by atoms with Gasteiger partial charge in [0.1, 0.15) is 0 Å². The molecule has 3 heteroatoms. The van der Waals surface area contributed by atoms with E-state index in [0.29, 0.717) is 0 Å². The van der Waals surface area contributed by atoms with Crippen LogP contribution < -0.4 is 10.6 Å². The summed E-state index contributed by atoms with van der Waals surface area (Å²) in [4.78, 5) is 4.20. The zero-order chi connectivity index (χ0) is 11.2. The number of rotatable bonds is 7. The van der Waals surface area contributed by atoms with Crippen LogP contribution in [0.15, 0.2) is 18.5 Å². The predicted octanol–water partition coefficient (Wildman–Crippen LogP) is 3.12. The maximum atomic E-state index is 4.20. The lowest BCUT2D eigenvalue weighted by Gasteiger charge is -2.08. The fraction of sp³-hybridized carbons (Fsp3) is 0.615. The Morgan fingerprint density at radius 1 is 1.25 bits per heavy atom. The molecule has 1 aliphatic carbocycles. The average molecular weight is 219 g/mol. The van der Waals surface area contributed by atoms with Crippen molar-refractivity contribution in [2.75, 3.05) is 23.7 Å². The highest BCUT2D eigenvalue weighted by molar-refractivity contribution is 5.53. The van der Waals surface area contributed by atoms with Crippen LogP contribution in [0.4, 0.5) is 11.4 Å². The van der Waals surface area contributed by atoms with Crippen molar-refractivity contribution in [1.29, 1.82) is 0 Å². The van der Waals surface area contributed by atoms with Crippen LogP contribution in [-0.4, -0.2) is 18.1 Å². The van der Waals surface area contributed by atoms with E-state index in [2.05, 4.69) is 28.6 Å². The van der Waals surface area contributed by atoms with Gasteiger partial charge in [-0.1, -0.05) is 12.8 Å². The van der Waals surface area contributed by atoms with Gasteiger partial charge in [-0.25, -0.2) is 0 Å². The van der Waals surface area contributed by atoms with Crippen LogP contribution in [0.3, 0.4) is 0 Å². The van der Waals surface area contributed by atoms with Crippen molar-refractivity contribution in [1.82, 2.24) is 4.98 Å². The molecule has 1 saturated carbocycles. The molecule has 0 spiro atoms. The molecule has 0 amide bonds. The number of anilines is 2. The number of nitrogens with one attached hydrogen (secondary N) is 2. The Kier molecular flexibility index (Phi) is 4.03. The highest BCUT2D eigenvalue weighted by atomic mass is 14.9. The molecule has 1 aromatic heterocycles. The SMILES string of the molecule is CCNc1cncc(NCCCC2CC2)c1. The number of hydrogen-bond acceptors (Lipinski definition) is 3. The van der Waals surface area contributed by atoms with Gasteiger partial charge in [0.15, 0.2) is 0 Å². The van der Waals surface area contributed by atoms with Crippen LogP contribution >= 0.6 is 0 Å². The Hall–Kier alpha value is -1.25. The summed E-state index contributed by atoms with van der Waals surface area (Å²) in [6.07, 6.45) is 9.31. The molecule has 1 fully saturated rings. The normalized spacial score (nSPS) is 14.8. The van der Waals surface area contributed by atoms with Crippen LogP contribution in [0, 0.1) is 5.92 Å². The van der Waals surface area contributed by atoms with E-state index < -0.39 is 0 Å². The van der Waals surface area contributed by atoms with Crippen molar-refractivity contribution in [3.8, 4) is 0 Å². The van der Waals surface area contributed by atoms with Crippen LogP contribution in [0.25, 0.3) is 0 Å². The number of pyridine rings is 1. The van der Waals surface area contributed by atoms with E-state index in [1.165, 1.54) is 25.7 Å². The summed E-state index contributed by atoms with van der Waals surface area (Å²) >= 11 is 0. The average Bonchev–Trinajstić information content (AvgIpc) is 3.09. The van der Waals surface area contributed by atoms with Gasteiger partial charge in [-0.2, -0.15) is 0 Å². The van der Waals surface area contributed by atoms with Gasteiger partial charge in [0.2, 0.25) is 0 Å². The molecule has 16 heavy (non-hydrogen) atoms. The molecule has 88 valence electrons. The first-order chi connectivity index (χ1) is 7.88. The second kappa shape index (κ2) is 5.73. The Bertz CT molecular complexity index is 321. The third-order valence-corrected chi connectivity index (χ3v) is 2.93. The minimum atomic E-state index is 0.937. The number of aromatic nitrogens is 1. The van der Waals surface area contributed by atoms with E-state index in [-0.39, 0.29) is 0 Å². The van der Waals surface area contributed by atoms with Crippen LogP contribution in [0.5, 0.6) is 0 Å². The molecule has 0 bridgehead atoms. The highest BCUT2D eigenvalue weighted by Gasteiger charge is 2.19. The molecule has 1 heterocycles. The number of nitrogens with zero attached hydrogens (tertiary/aromatic N) is 1. The molecule has 0 saturated heterocycles. The summed E-state index contributed by atoms with van der Waals surface area (Å²) in [5, 5.41) is 6.69. The minimum Gasteiger partial charge on any atom is -0.384 e. The zero-order valence-electron chi connectivity index (χ0n) is 10.00. The first kappa shape index (κ1) is 11.2. The summed E-state index contributed by atoms with van der Waals surface area (Å²) in [5.41, 5.74) is 2.21. The molecule has 2 rings (SSSR count). The lowest BCUT2D eigenvalue weighted by atomic mass is 10.2. The van der Waals surface area contributed by atoms with E-state index in [9.17, 15) is 0 Å². The fourth-order valence-corrected chi connectivity index (χ4v) is 1.87. The van der Waals surface area contributed by atoms with E-state index in [0.717, 1.165) is 30.4 Å². The molecule has 0 radical (unpaired) electrons. The highest BCUT2D eigenvalue weighted by Crippen LogP contribution is 2.33. The molecule has 0 aliphatic heterocycles. The van der Waals surface area contributed by atoms with Crippen molar-refractivity contribution in [3.05, 3.63) is 18.5 Å². The van der Waals surface area contributed by atoms with Crippen LogP contribution in [-0.2, 0) is 0 Å². The quantitative estimate of drug-likeness (QED) is 0.692. The van der Waals surface area contributed by atoms with Gasteiger partial charge in [-0.3, -0.25) is 4.98 Å². The molecular formula is C13H21N3. The van der Waals surface area contributed by atoms with Crippen molar-refractivity contribution in [3.63, 3.8) is 0 Å². The maximum absolute atomic E-state index is 4.20. The lowest BCUT2D eigenvalue weighted by molar-refractivity contribution is 0.687. The molecule has 0 aromatic carbocycles. The minimum absolute atomic E-state index is 0.937. The summed E-state index contributed by atoms with van der Waals surface area (Å²) in [6, 6.07) is 2.12. The van der Waals surface area contributed by atoms with Gasteiger partial charge in [0.05, 0.1) is 23.8 Å². The van der Waals surface area contributed by atoms with Crippen LogP contribution in [0.1, 0.15) is 32.6 Å². The molecular weight excluding hydrogens is 198 g/mol. The van der Waals surface area contributed by atoms with Gasteiger partial charge < -0.3 is 10.6 Å². The topological polar surface area (TPSA) is 37.0 Å². The van der Waals surface area contributed by atoms with E-state index in [1.807, 2.05) is 12.4 Å². The van der Waals surface area contributed by atoms with Crippen molar-refractivity contribution in [2.45, 2.75) is 32.6 Å². The fourth-order valence-electron chi connectivity index (χ4n) is 1.87. The number of hydrogen-bond donors (Lipinski definition) is 2. The monoisotopic (exact) mass is 219 g/mol. The standard InChI is InChI=1S/C13H21N3/c1-2-15-12-8-13(10-14-9-12)16-7-3-4-11-5-6-11/h8-11,15-16H,2-7H2,1H3. The predicted molar refractivity (Wildman–Crippen MR) is 68.8 cm³/mol. The van der Waals surface area contributed by atoms with Gasteiger partial charge in [0, 0.05) is 13.1 Å². The second-order valence-electron chi connectivity index (χ2n) is 4.51. The largest absolute Gasteiger partial charge is 0.384 e. The molecule has 3 nitrogen and oxygen atoms in total. The van der Waals surface area contributed by atoms with Crippen molar-refractivity contribution < 1.29 is 0 Å². The Morgan fingerprint density at radius 2 is 2.00 bits per heavy atom. The first-order valence-corrected chi connectivity index (χ1v) is 6.31. The van der Waals surface area contributed by atoms with Gasteiger partial charge in [-0.05, 0) is 31.7 Å². The van der Waals surface area contributed by atoms with Gasteiger partial charge in [0.25, 0.3) is 0 Å². The summed E-state index contributed by atoms with van der Waals surface area (Å²) in [7, 11) is 0. The molecule has 0 unspecified atom stereocenters. The summed E-state index contributed by atoms with van der Waals surface area (Å²) in [6.45, 7) is 4.09. The molecule has 2 N–H and O–H groups in total. The third kappa shape index (κ3) is 3.72. The van der Waals surface area contributed by atoms with Gasteiger partial charge >= 0.3 is 0 Å². The first-order valence-electron chi connectivity index (χ1n) is 6.31. The van der Waals surface area contributed by atoms with Crippen molar-refractivity contribution >= 4 is 11.4 Å². The molecule has 0 atom stereocenters.